The smallest absolute Gasteiger partial charge is 0.410 e. The van der Waals surface area contributed by atoms with Crippen molar-refractivity contribution >= 4 is 69.6 Å². The number of nitrogens with two attached hydrogens (primary N) is 1. The highest BCUT2D eigenvalue weighted by Gasteiger charge is 2.35. The van der Waals surface area contributed by atoms with Crippen LogP contribution in [-0.2, 0) is 16.0 Å². The van der Waals surface area contributed by atoms with Crippen molar-refractivity contribution in [2.75, 3.05) is 44.3 Å². The lowest BCUT2D eigenvalue weighted by Crippen LogP contribution is -2.35. The van der Waals surface area contributed by atoms with Gasteiger partial charge in [0.2, 0.25) is 11.9 Å². The minimum Gasteiger partial charge on any atom is -0.497 e. The van der Waals surface area contributed by atoms with Gasteiger partial charge in [-0.25, -0.2) is 29.5 Å². The molecule has 67 heavy (non-hydrogen) atoms. The molecule has 2 fully saturated rings. The highest BCUT2D eigenvalue weighted by molar-refractivity contribution is 6.33. The summed E-state index contributed by atoms with van der Waals surface area (Å²) < 4.78 is 20.5. The highest BCUT2D eigenvalue weighted by atomic mass is 35.5. The Kier molecular flexibility index (Phi) is 13.4. The molecular weight excluding hydrogens is 896 g/mol. The van der Waals surface area contributed by atoms with E-state index in [1.807, 2.05) is 119 Å². The van der Waals surface area contributed by atoms with Gasteiger partial charge in [-0.1, -0.05) is 59.6 Å². The maximum absolute atomic E-state index is 12.8. The zero-order chi connectivity index (χ0) is 47.6. The normalized spacial score (nSPS) is 16.3. The number of anilines is 2. The van der Waals surface area contributed by atoms with Gasteiger partial charge in [-0.3, -0.25) is 0 Å². The largest absolute Gasteiger partial charge is 0.497 e. The Labute approximate surface area is 398 Å². The molecule has 9 rings (SSSR count). The summed E-state index contributed by atoms with van der Waals surface area (Å²) >= 11 is 13.0. The quantitative estimate of drug-likeness (QED) is 0.146. The maximum atomic E-state index is 12.8. The molecule has 7 aromatic rings. The second kappa shape index (κ2) is 19.2. The van der Waals surface area contributed by atoms with E-state index in [0.29, 0.717) is 82.7 Å². The van der Waals surface area contributed by atoms with Crippen molar-refractivity contribution in [1.82, 2.24) is 48.8 Å². The van der Waals surface area contributed by atoms with Crippen molar-refractivity contribution in [3.63, 3.8) is 0 Å². The molecule has 4 aromatic heterocycles. The van der Waals surface area contributed by atoms with Gasteiger partial charge in [-0.2, -0.15) is 9.97 Å². The predicted molar refractivity (Wildman–Crippen MR) is 259 cm³/mol. The van der Waals surface area contributed by atoms with Crippen LogP contribution in [0.3, 0.4) is 0 Å². The van der Waals surface area contributed by atoms with Crippen LogP contribution in [0.2, 0.25) is 10.0 Å². The summed E-state index contributed by atoms with van der Waals surface area (Å²) in [6.45, 7) is 13.9. The zero-order valence-corrected chi connectivity index (χ0v) is 40.0. The van der Waals surface area contributed by atoms with E-state index < -0.39 is 11.2 Å². The molecule has 350 valence electrons. The van der Waals surface area contributed by atoms with Crippen LogP contribution in [0.25, 0.3) is 45.1 Å². The van der Waals surface area contributed by atoms with Crippen molar-refractivity contribution in [3.8, 4) is 28.5 Å². The van der Waals surface area contributed by atoms with E-state index in [-0.39, 0.29) is 30.2 Å². The number of carbonyl (C=O) groups excluding carboxylic acids is 2. The molecule has 2 unspecified atom stereocenters. The van der Waals surface area contributed by atoms with Crippen LogP contribution < -0.4 is 15.8 Å². The van der Waals surface area contributed by atoms with Crippen LogP contribution in [0.1, 0.15) is 72.0 Å². The standard InChI is InChI=1S/C28H31ClN6O3.C20H23ClN6O2/c1-28(2,3)38-27(36)34-14-13-19(17-34)35-24(21-7-5-6-8-22(21)29)32-23-16-31-26(33-25(23)35)30-15-18-9-11-20(37-4)12-10-18;1-20(2,3)29-19(28)26-9-8-12(11-26)27-16(13-6-4-5-7-14(13)21)24-15-10-23-18(22)25-17(15)27/h5-12,16,19H,13-15,17H2,1-4H3,(H,30,31,33);4-7,10,12H,8-9,11H2,1-3H3,(H2,22,23,25). The van der Waals surface area contributed by atoms with Gasteiger partial charge in [0.1, 0.15) is 39.6 Å². The molecule has 0 bridgehead atoms. The summed E-state index contributed by atoms with van der Waals surface area (Å²) in [6.07, 6.45) is 4.16. The Bertz CT molecular complexity index is 2910. The Morgan fingerprint density at radius 2 is 1.16 bits per heavy atom. The first kappa shape index (κ1) is 46.8. The second-order valence-electron chi connectivity index (χ2n) is 18.3. The summed E-state index contributed by atoms with van der Waals surface area (Å²) in [6, 6.07) is 22.9. The number of methoxy groups -OCH3 is 1. The van der Waals surface area contributed by atoms with E-state index in [1.165, 1.54) is 0 Å². The monoisotopic (exact) mass is 948 g/mol. The van der Waals surface area contributed by atoms with Gasteiger partial charge in [0.05, 0.1) is 41.6 Å². The predicted octanol–water partition coefficient (Wildman–Crippen LogP) is 9.86. The molecule has 2 aliphatic heterocycles. The number of carbonyl (C=O) groups is 2. The highest BCUT2D eigenvalue weighted by Crippen LogP contribution is 2.37. The fourth-order valence-electron chi connectivity index (χ4n) is 8.05. The molecule has 2 amide bonds. The number of hydrogen-bond acceptors (Lipinski definition) is 13. The van der Waals surface area contributed by atoms with Gasteiger partial charge < -0.3 is 44.2 Å². The lowest BCUT2D eigenvalue weighted by molar-refractivity contribution is 0.0279. The second-order valence-corrected chi connectivity index (χ2v) is 19.2. The molecule has 3 N–H and O–H groups in total. The molecule has 0 spiro atoms. The molecular formula is C48H54Cl2N12O5. The maximum Gasteiger partial charge on any atom is 0.410 e. The van der Waals surface area contributed by atoms with E-state index in [1.54, 1.807) is 29.3 Å². The number of halogens is 2. The zero-order valence-electron chi connectivity index (χ0n) is 38.5. The summed E-state index contributed by atoms with van der Waals surface area (Å²) in [5, 5.41) is 4.49. The number of rotatable bonds is 8. The number of nitrogens with zero attached hydrogens (tertiary/aromatic N) is 10. The van der Waals surface area contributed by atoms with Crippen molar-refractivity contribution in [1.29, 1.82) is 0 Å². The summed E-state index contributed by atoms with van der Waals surface area (Å²) in [4.78, 5) is 56.2. The van der Waals surface area contributed by atoms with Gasteiger partial charge in [0.15, 0.2) is 11.3 Å². The van der Waals surface area contributed by atoms with Gasteiger partial charge in [0.25, 0.3) is 0 Å². The third-order valence-electron chi connectivity index (χ3n) is 11.1. The summed E-state index contributed by atoms with van der Waals surface area (Å²) in [7, 11) is 1.65. The number of likely N-dealkylation sites (tertiary alicyclic amines) is 2. The average molecular weight is 950 g/mol. The van der Waals surface area contributed by atoms with Gasteiger partial charge >= 0.3 is 12.2 Å². The molecule has 19 heteroatoms. The third-order valence-corrected chi connectivity index (χ3v) is 11.7. The average Bonchev–Trinajstić information content (AvgIpc) is 4.10. The van der Waals surface area contributed by atoms with Gasteiger partial charge in [-0.15, -0.1) is 0 Å². The van der Waals surface area contributed by atoms with Crippen LogP contribution >= 0.6 is 23.2 Å². The number of fused-ring (bicyclic) bond motifs is 2. The molecule has 2 saturated heterocycles. The summed E-state index contributed by atoms with van der Waals surface area (Å²) in [5.74, 6) is 2.85. The van der Waals surface area contributed by atoms with Crippen LogP contribution in [0, 0.1) is 0 Å². The Morgan fingerprint density at radius 3 is 1.64 bits per heavy atom. The fourth-order valence-corrected chi connectivity index (χ4v) is 8.49. The van der Waals surface area contributed by atoms with E-state index in [9.17, 15) is 9.59 Å². The van der Waals surface area contributed by atoms with E-state index in [2.05, 4.69) is 24.8 Å². The van der Waals surface area contributed by atoms with Crippen LogP contribution in [-0.4, -0.2) is 106 Å². The topological polar surface area (TPSA) is 194 Å². The van der Waals surface area contributed by atoms with E-state index >= 15 is 0 Å². The van der Waals surface area contributed by atoms with Crippen molar-refractivity contribution < 1.29 is 23.8 Å². The molecule has 2 aliphatic rings. The number of hydrogen-bond donors (Lipinski definition) is 2. The molecule has 6 heterocycles. The number of amides is 2. The number of ether oxygens (including phenoxy) is 3. The molecule has 3 aromatic carbocycles. The minimum absolute atomic E-state index is 0.0342. The Balaban J connectivity index is 0.000000188. The molecule has 2 atom stereocenters. The molecule has 0 radical (unpaired) electrons. The van der Waals surface area contributed by atoms with E-state index in [0.717, 1.165) is 35.3 Å². The fraction of sp³-hybridized carbons (Fsp3) is 0.375. The third kappa shape index (κ3) is 10.8. The van der Waals surface area contributed by atoms with Crippen LogP contribution in [0.15, 0.2) is 85.2 Å². The minimum atomic E-state index is -0.558. The molecule has 0 aliphatic carbocycles. The molecule has 17 nitrogen and oxygen atoms in total. The number of benzene rings is 3. The Hall–Kier alpha value is -6.72. The SMILES string of the molecule is CC(C)(C)OC(=O)N1CCC(n2c(-c3ccccc3Cl)nc3cnc(N)nc32)C1.COc1ccc(CNc2ncc3nc(-c4ccccc4Cl)n(C4CCN(C(=O)OC(C)(C)C)C4)c3n2)cc1. The van der Waals surface area contributed by atoms with Crippen molar-refractivity contribution in [3.05, 3.63) is 101 Å². The number of imidazole rings is 2. The van der Waals surface area contributed by atoms with Crippen LogP contribution in [0.4, 0.5) is 21.5 Å². The lowest BCUT2D eigenvalue weighted by Gasteiger charge is -2.24. The van der Waals surface area contributed by atoms with Gasteiger partial charge in [-0.05, 0) is 96.3 Å². The van der Waals surface area contributed by atoms with Crippen molar-refractivity contribution in [2.45, 2.75) is 84.2 Å². The van der Waals surface area contributed by atoms with Crippen LogP contribution in [0.5, 0.6) is 5.75 Å². The van der Waals surface area contributed by atoms with E-state index in [4.69, 9.17) is 58.1 Å². The first-order chi connectivity index (χ1) is 31.9. The number of nitrogen functional groups attached to an aromatic ring is 1. The lowest BCUT2D eigenvalue weighted by atomic mass is 10.2. The summed E-state index contributed by atoms with van der Waals surface area (Å²) in [5.41, 5.74) is 10.0. The first-order valence-corrected chi connectivity index (χ1v) is 22.8. The number of aromatic nitrogens is 8. The van der Waals surface area contributed by atoms with Gasteiger partial charge in [0, 0.05) is 43.9 Å². The van der Waals surface area contributed by atoms with Crippen molar-refractivity contribution in [2.24, 2.45) is 0 Å². The Morgan fingerprint density at radius 1 is 0.687 bits per heavy atom. The number of nitrogens with one attached hydrogen (secondary N) is 1. The molecule has 0 saturated carbocycles. The first-order valence-electron chi connectivity index (χ1n) is 22.0.